The Kier molecular flexibility index (Phi) is 4.93. The standard InChI is InChI=1S/C13H19FN2O2S2/c1-2-20(17,18)12-9-19-7-6-16(12)8-10-4-3-5-11(14)13(10)15/h3-5,12H,2,6-9,15H2,1H3. The van der Waals surface area contributed by atoms with Crippen LogP contribution in [0.15, 0.2) is 18.2 Å². The zero-order valence-corrected chi connectivity index (χ0v) is 13.0. The summed E-state index contributed by atoms with van der Waals surface area (Å²) < 4.78 is 37.8. The Labute approximate surface area is 123 Å². The van der Waals surface area contributed by atoms with E-state index in [1.54, 1.807) is 30.8 Å². The second kappa shape index (κ2) is 6.32. The quantitative estimate of drug-likeness (QED) is 0.857. The zero-order chi connectivity index (χ0) is 14.8. The molecular weight excluding hydrogens is 299 g/mol. The highest BCUT2D eigenvalue weighted by Crippen LogP contribution is 2.25. The monoisotopic (exact) mass is 318 g/mol. The topological polar surface area (TPSA) is 63.4 Å². The molecule has 1 saturated heterocycles. The van der Waals surface area contributed by atoms with Crippen LogP contribution in [0.4, 0.5) is 10.1 Å². The van der Waals surface area contributed by atoms with Crippen LogP contribution in [-0.2, 0) is 16.4 Å². The van der Waals surface area contributed by atoms with Crippen LogP contribution < -0.4 is 5.73 Å². The SMILES string of the molecule is CCS(=O)(=O)C1CSCCN1Cc1cccc(F)c1N. The lowest BCUT2D eigenvalue weighted by atomic mass is 10.1. The molecule has 0 saturated carbocycles. The van der Waals surface area contributed by atoms with Gasteiger partial charge >= 0.3 is 0 Å². The summed E-state index contributed by atoms with van der Waals surface area (Å²) in [6, 6.07) is 4.66. The Morgan fingerprint density at radius 1 is 1.50 bits per heavy atom. The van der Waals surface area contributed by atoms with Crippen LogP contribution in [0.25, 0.3) is 0 Å². The van der Waals surface area contributed by atoms with Crippen LogP contribution in [0.5, 0.6) is 0 Å². The maximum Gasteiger partial charge on any atom is 0.166 e. The lowest BCUT2D eigenvalue weighted by molar-refractivity contribution is 0.262. The molecule has 1 fully saturated rings. The summed E-state index contributed by atoms with van der Waals surface area (Å²) in [5.74, 6) is 1.10. The minimum absolute atomic E-state index is 0.110. The fraction of sp³-hybridized carbons (Fsp3) is 0.538. The van der Waals surface area contributed by atoms with Crippen molar-refractivity contribution in [3.63, 3.8) is 0 Å². The van der Waals surface area contributed by atoms with E-state index in [0.29, 0.717) is 24.4 Å². The molecule has 20 heavy (non-hydrogen) atoms. The van der Waals surface area contributed by atoms with E-state index in [4.69, 9.17) is 5.73 Å². The third-order valence-electron chi connectivity index (χ3n) is 3.52. The molecular formula is C13H19FN2O2S2. The van der Waals surface area contributed by atoms with Crippen molar-refractivity contribution < 1.29 is 12.8 Å². The first-order chi connectivity index (χ1) is 9.45. The van der Waals surface area contributed by atoms with E-state index in [1.807, 2.05) is 4.90 Å². The molecule has 1 heterocycles. The summed E-state index contributed by atoms with van der Waals surface area (Å²) in [5.41, 5.74) is 6.49. The number of anilines is 1. The smallest absolute Gasteiger partial charge is 0.166 e. The molecule has 2 N–H and O–H groups in total. The van der Waals surface area contributed by atoms with Crippen molar-refractivity contribution >= 4 is 27.3 Å². The summed E-state index contributed by atoms with van der Waals surface area (Å²) in [4.78, 5) is 1.89. The third kappa shape index (κ3) is 3.27. The normalized spacial score (nSPS) is 21.0. The molecule has 1 aliphatic heterocycles. The highest BCUT2D eigenvalue weighted by molar-refractivity contribution is 8.01. The highest BCUT2D eigenvalue weighted by atomic mass is 32.2. The molecule has 2 rings (SSSR count). The first kappa shape index (κ1) is 15.6. The van der Waals surface area contributed by atoms with E-state index in [2.05, 4.69) is 0 Å². The number of hydrogen-bond acceptors (Lipinski definition) is 5. The van der Waals surface area contributed by atoms with Crippen LogP contribution in [0, 0.1) is 5.82 Å². The number of nitrogens with two attached hydrogens (primary N) is 1. The largest absolute Gasteiger partial charge is 0.396 e. The Morgan fingerprint density at radius 2 is 2.25 bits per heavy atom. The molecule has 4 nitrogen and oxygen atoms in total. The molecule has 1 atom stereocenters. The van der Waals surface area contributed by atoms with E-state index >= 15 is 0 Å². The Morgan fingerprint density at radius 3 is 2.95 bits per heavy atom. The predicted octanol–water partition coefficient (Wildman–Crippen LogP) is 1.72. The zero-order valence-electron chi connectivity index (χ0n) is 11.4. The van der Waals surface area contributed by atoms with Gasteiger partial charge in [-0.05, 0) is 11.6 Å². The molecule has 7 heteroatoms. The molecule has 1 aromatic carbocycles. The summed E-state index contributed by atoms with van der Waals surface area (Å²) in [5, 5.41) is -0.506. The molecule has 0 radical (unpaired) electrons. The van der Waals surface area contributed by atoms with Crippen LogP contribution in [0.3, 0.4) is 0 Å². The van der Waals surface area contributed by atoms with Gasteiger partial charge in [0.2, 0.25) is 0 Å². The molecule has 112 valence electrons. The van der Waals surface area contributed by atoms with Crippen molar-refractivity contribution in [3.8, 4) is 0 Å². The van der Waals surface area contributed by atoms with Crippen molar-refractivity contribution in [1.29, 1.82) is 0 Å². The van der Waals surface area contributed by atoms with Gasteiger partial charge in [0.1, 0.15) is 11.2 Å². The lowest BCUT2D eigenvalue weighted by Gasteiger charge is -2.34. The van der Waals surface area contributed by atoms with Crippen molar-refractivity contribution in [1.82, 2.24) is 4.90 Å². The fourth-order valence-corrected chi connectivity index (χ4v) is 5.34. The first-order valence-electron chi connectivity index (χ1n) is 6.52. The molecule has 0 amide bonds. The molecule has 0 spiro atoms. The van der Waals surface area contributed by atoms with Gasteiger partial charge in [0.15, 0.2) is 9.84 Å². The molecule has 1 unspecified atom stereocenters. The van der Waals surface area contributed by atoms with Gasteiger partial charge in [0.25, 0.3) is 0 Å². The van der Waals surface area contributed by atoms with Crippen LogP contribution in [0.1, 0.15) is 12.5 Å². The van der Waals surface area contributed by atoms with Crippen LogP contribution >= 0.6 is 11.8 Å². The highest BCUT2D eigenvalue weighted by Gasteiger charge is 2.33. The lowest BCUT2D eigenvalue weighted by Crippen LogP contribution is -2.47. The third-order valence-corrected chi connectivity index (χ3v) is 6.86. The Hall–Kier alpha value is -0.790. The van der Waals surface area contributed by atoms with Gasteiger partial charge in [-0.3, -0.25) is 4.90 Å². The molecule has 1 aromatic rings. The number of para-hydroxylation sites is 1. The van der Waals surface area contributed by atoms with Gasteiger partial charge in [-0.2, -0.15) is 11.8 Å². The summed E-state index contributed by atoms with van der Waals surface area (Å²) >= 11 is 1.64. The second-order valence-electron chi connectivity index (χ2n) is 4.76. The summed E-state index contributed by atoms with van der Waals surface area (Å²) in [6.07, 6.45) is 0. The molecule has 0 aliphatic carbocycles. The maximum absolute atomic E-state index is 13.5. The summed E-state index contributed by atoms with van der Waals surface area (Å²) in [7, 11) is -3.14. The number of sulfone groups is 1. The fourth-order valence-electron chi connectivity index (χ4n) is 2.26. The van der Waals surface area contributed by atoms with Crippen molar-refractivity contribution in [3.05, 3.63) is 29.6 Å². The Bertz CT molecular complexity index is 578. The van der Waals surface area contributed by atoms with E-state index < -0.39 is 21.0 Å². The van der Waals surface area contributed by atoms with Gasteiger partial charge in [-0.15, -0.1) is 0 Å². The van der Waals surface area contributed by atoms with E-state index in [0.717, 1.165) is 5.75 Å². The minimum atomic E-state index is -3.14. The Balaban J connectivity index is 2.23. The second-order valence-corrected chi connectivity index (χ2v) is 8.36. The minimum Gasteiger partial charge on any atom is -0.396 e. The molecule has 0 bridgehead atoms. The number of benzene rings is 1. The van der Waals surface area contributed by atoms with Crippen molar-refractivity contribution in [2.75, 3.05) is 29.5 Å². The average Bonchev–Trinajstić information content (AvgIpc) is 2.44. The number of rotatable bonds is 4. The maximum atomic E-state index is 13.5. The van der Waals surface area contributed by atoms with Gasteiger partial charge in [0.05, 0.1) is 5.69 Å². The van der Waals surface area contributed by atoms with E-state index in [9.17, 15) is 12.8 Å². The van der Waals surface area contributed by atoms with E-state index in [-0.39, 0.29) is 11.4 Å². The van der Waals surface area contributed by atoms with Crippen LogP contribution in [0.2, 0.25) is 0 Å². The van der Waals surface area contributed by atoms with Crippen molar-refractivity contribution in [2.45, 2.75) is 18.8 Å². The van der Waals surface area contributed by atoms with E-state index in [1.165, 1.54) is 6.07 Å². The summed E-state index contributed by atoms with van der Waals surface area (Å²) in [6.45, 7) is 2.70. The molecule has 0 aromatic heterocycles. The predicted molar refractivity (Wildman–Crippen MR) is 81.8 cm³/mol. The van der Waals surface area contributed by atoms with Gasteiger partial charge < -0.3 is 5.73 Å². The van der Waals surface area contributed by atoms with Crippen molar-refractivity contribution in [2.24, 2.45) is 0 Å². The van der Waals surface area contributed by atoms with Gasteiger partial charge in [0, 0.05) is 30.3 Å². The number of nitrogen functional groups attached to an aromatic ring is 1. The number of thioether (sulfide) groups is 1. The number of nitrogens with zero attached hydrogens (tertiary/aromatic N) is 1. The number of hydrogen-bond donors (Lipinski definition) is 1. The van der Waals surface area contributed by atoms with Gasteiger partial charge in [-0.1, -0.05) is 19.1 Å². The number of halogens is 1. The van der Waals surface area contributed by atoms with Crippen LogP contribution in [-0.4, -0.2) is 42.5 Å². The molecule has 1 aliphatic rings. The average molecular weight is 318 g/mol. The first-order valence-corrected chi connectivity index (χ1v) is 9.39. The van der Waals surface area contributed by atoms with Gasteiger partial charge in [-0.25, -0.2) is 12.8 Å².